The van der Waals surface area contributed by atoms with Crippen molar-refractivity contribution in [2.24, 2.45) is 0 Å². The monoisotopic (exact) mass is 338 g/mol. The third-order valence-electron chi connectivity index (χ3n) is 3.56. The number of ether oxygens (including phenoxy) is 1. The standard InChI is InChI=1S/C16H12F2O4S/c17-16(18)15-12(22-8-10-4-2-1-3-5-10)6-7-13-14(15)11(19)9-23(13,20)21/h1-7,16H,8-9H2. The number of rotatable bonds is 4. The topological polar surface area (TPSA) is 60.4 Å². The highest BCUT2D eigenvalue weighted by atomic mass is 32.2. The van der Waals surface area contributed by atoms with Gasteiger partial charge in [-0.2, -0.15) is 0 Å². The molecule has 120 valence electrons. The Morgan fingerprint density at radius 2 is 1.78 bits per heavy atom. The van der Waals surface area contributed by atoms with Crippen molar-refractivity contribution in [2.75, 3.05) is 5.75 Å². The molecule has 0 fully saturated rings. The maximum Gasteiger partial charge on any atom is 0.268 e. The number of alkyl halides is 2. The molecule has 23 heavy (non-hydrogen) atoms. The summed E-state index contributed by atoms with van der Waals surface area (Å²) in [6.07, 6.45) is -3.01. The molecule has 3 rings (SSSR count). The third kappa shape index (κ3) is 2.84. The Hall–Kier alpha value is -2.28. The van der Waals surface area contributed by atoms with Gasteiger partial charge in [-0.05, 0) is 17.7 Å². The van der Waals surface area contributed by atoms with Crippen molar-refractivity contribution in [3.63, 3.8) is 0 Å². The fourth-order valence-electron chi connectivity index (χ4n) is 2.53. The fraction of sp³-hybridized carbons (Fsp3) is 0.188. The van der Waals surface area contributed by atoms with Crippen LogP contribution in [0.15, 0.2) is 47.4 Å². The maximum atomic E-state index is 13.4. The second kappa shape index (κ2) is 5.73. The lowest BCUT2D eigenvalue weighted by molar-refractivity contribution is 0.1000. The van der Waals surface area contributed by atoms with Crippen LogP contribution < -0.4 is 4.74 Å². The molecular formula is C16H12F2O4S. The highest BCUT2D eigenvalue weighted by Gasteiger charge is 2.38. The van der Waals surface area contributed by atoms with Crippen LogP contribution in [0.2, 0.25) is 0 Å². The summed E-state index contributed by atoms with van der Waals surface area (Å²) < 4.78 is 55.9. The molecule has 0 saturated heterocycles. The van der Waals surface area contributed by atoms with Gasteiger partial charge >= 0.3 is 0 Å². The first-order chi connectivity index (χ1) is 10.9. The lowest BCUT2D eigenvalue weighted by Crippen LogP contribution is -2.06. The molecule has 7 heteroatoms. The molecule has 0 atom stereocenters. The summed E-state index contributed by atoms with van der Waals surface area (Å²) in [5, 5.41) is 0. The van der Waals surface area contributed by atoms with Crippen molar-refractivity contribution in [2.45, 2.75) is 17.9 Å². The normalized spacial score (nSPS) is 15.7. The molecule has 0 aromatic heterocycles. The van der Waals surface area contributed by atoms with Gasteiger partial charge in [-0.3, -0.25) is 4.79 Å². The van der Waals surface area contributed by atoms with E-state index in [1.54, 1.807) is 24.3 Å². The Labute approximate surface area is 131 Å². The second-order valence-electron chi connectivity index (χ2n) is 5.11. The molecule has 0 amide bonds. The first-order valence-electron chi connectivity index (χ1n) is 6.78. The van der Waals surface area contributed by atoms with Crippen LogP contribution in [0, 0.1) is 0 Å². The number of benzene rings is 2. The number of fused-ring (bicyclic) bond motifs is 1. The molecule has 4 nitrogen and oxygen atoms in total. The predicted octanol–water partition coefficient (Wildman–Crippen LogP) is 3.17. The Balaban J connectivity index is 2.02. The molecular weight excluding hydrogens is 326 g/mol. The van der Waals surface area contributed by atoms with Gasteiger partial charge in [0.2, 0.25) is 0 Å². The van der Waals surface area contributed by atoms with Crippen molar-refractivity contribution in [1.29, 1.82) is 0 Å². The Morgan fingerprint density at radius 1 is 1.09 bits per heavy atom. The molecule has 1 heterocycles. The van der Waals surface area contributed by atoms with Crippen LogP contribution in [0.3, 0.4) is 0 Å². The molecule has 2 aromatic carbocycles. The molecule has 2 aromatic rings. The van der Waals surface area contributed by atoms with Gasteiger partial charge in [0.1, 0.15) is 18.1 Å². The summed E-state index contributed by atoms with van der Waals surface area (Å²) in [5.41, 5.74) is -0.317. The first kappa shape index (κ1) is 15.6. The van der Waals surface area contributed by atoms with Crippen molar-refractivity contribution in [3.8, 4) is 5.75 Å². The van der Waals surface area contributed by atoms with Gasteiger partial charge in [0.05, 0.1) is 10.5 Å². The van der Waals surface area contributed by atoms with Gasteiger partial charge in [-0.25, -0.2) is 17.2 Å². The zero-order chi connectivity index (χ0) is 16.6. The molecule has 0 saturated carbocycles. The fourth-order valence-corrected chi connectivity index (χ4v) is 3.98. The largest absolute Gasteiger partial charge is 0.488 e. The molecule has 1 aliphatic heterocycles. The van der Waals surface area contributed by atoms with E-state index in [0.29, 0.717) is 0 Å². The first-order valence-corrected chi connectivity index (χ1v) is 8.43. The summed E-state index contributed by atoms with van der Waals surface area (Å²) in [5.74, 6) is -1.77. The van der Waals surface area contributed by atoms with E-state index < -0.39 is 38.9 Å². The van der Waals surface area contributed by atoms with Gasteiger partial charge in [0, 0.05) is 5.56 Å². The third-order valence-corrected chi connectivity index (χ3v) is 5.21. The summed E-state index contributed by atoms with van der Waals surface area (Å²) in [7, 11) is -3.83. The molecule has 1 aliphatic rings. The lowest BCUT2D eigenvalue weighted by Gasteiger charge is -2.14. The Bertz CT molecular complexity index is 861. The van der Waals surface area contributed by atoms with Crippen LogP contribution >= 0.6 is 0 Å². The van der Waals surface area contributed by atoms with Gasteiger partial charge < -0.3 is 4.74 Å². The minimum Gasteiger partial charge on any atom is -0.488 e. The quantitative estimate of drug-likeness (QED) is 0.859. The number of Topliss-reactive ketones (excluding diaryl/α,β-unsaturated/α-hetero) is 1. The van der Waals surface area contributed by atoms with Crippen molar-refractivity contribution in [1.82, 2.24) is 0 Å². The van der Waals surface area contributed by atoms with E-state index in [1.807, 2.05) is 6.07 Å². The van der Waals surface area contributed by atoms with E-state index >= 15 is 0 Å². The SMILES string of the molecule is O=C1CS(=O)(=O)c2ccc(OCc3ccccc3)c(C(F)F)c21. The highest BCUT2D eigenvalue weighted by molar-refractivity contribution is 7.92. The van der Waals surface area contributed by atoms with Crippen LogP contribution in [0.5, 0.6) is 5.75 Å². The number of sulfone groups is 1. The number of carbonyl (C=O) groups excluding carboxylic acids is 1. The van der Waals surface area contributed by atoms with E-state index in [9.17, 15) is 22.0 Å². The molecule has 0 bridgehead atoms. The zero-order valence-electron chi connectivity index (χ0n) is 11.8. The maximum absolute atomic E-state index is 13.4. The highest BCUT2D eigenvalue weighted by Crippen LogP contribution is 2.39. The van der Waals surface area contributed by atoms with Crippen molar-refractivity contribution in [3.05, 3.63) is 59.2 Å². The average molecular weight is 338 g/mol. The van der Waals surface area contributed by atoms with Crippen molar-refractivity contribution >= 4 is 15.6 Å². The van der Waals surface area contributed by atoms with E-state index in [1.165, 1.54) is 6.07 Å². The Morgan fingerprint density at radius 3 is 2.43 bits per heavy atom. The number of hydrogen-bond acceptors (Lipinski definition) is 4. The van der Waals surface area contributed by atoms with Crippen LogP contribution in [-0.2, 0) is 16.4 Å². The van der Waals surface area contributed by atoms with Crippen LogP contribution in [-0.4, -0.2) is 20.0 Å². The zero-order valence-corrected chi connectivity index (χ0v) is 12.6. The lowest BCUT2D eigenvalue weighted by atomic mass is 10.0. The molecule has 0 spiro atoms. The number of ketones is 1. The Kier molecular flexibility index (Phi) is 3.89. The van der Waals surface area contributed by atoms with Crippen LogP contribution in [0.1, 0.15) is 27.9 Å². The van der Waals surface area contributed by atoms with Gasteiger partial charge in [-0.15, -0.1) is 0 Å². The van der Waals surface area contributed by atoms with Crippen LogP contribution in [0.4, 0.5) is 8.78 Å². The summed E-state index contributed by atoms with van der Waals surface area (Å²) in [6, 6.07) is 11.3. The summed E-state index contributed by atoms with van der Waals surface area (Å²) >= 11 is 0. The number of hydrogen-bond donors (Lipinski definition) is 0. The van der Waals surface area contributed by atoms with Gasteiger partial charge in [0.15, 0.2) is 15.6 Å². The molecule has 0 N–H and O–H groups in total. The minimum atomic E-state index is -3.83. The van der Waals surface area contributed by atoms with Crippen molar-refractivity contribution < 1.29 is 26.7 Å². The molecule has 0 aliphatic carbocycles. The molecule has 0 radical (unpaired) electrons. The number of carbonyl (C=O) groups is 1. The summed E-state index contributed by atoms with van der Waals surface area (Å²) in [4.78, 5) is 11.5. The van der Waals surface area contributed by atoms with E-state index in [4.69, 9.17) is 4.74 Å². The van der Waals surface area contributed by atoms with E-state index in [2.05, 4.69) is 0 Å². The average Bonchev–Trinajstić information content (AvgIpc) is 2.75. The van der Waals surface area contributed by atoms with Gasteiger partial charge in [-0.1, -0.05) is 30.3 Å². The number of halogens is 2. The smallest absolute Gasteiger partial charge is 0.268 e. The van der Waals surface area contributed by atoms with Crippen LogP contribution in [0.25, 0.3) is 0 Å². The minimum absolute atomic E-state index is 0.0420. The second-order valence-corrected chi connectivity index (χ2v) is 7.07. The van der Waals surface area contributed by atoms with E-state index in [0.717, 1.165) is 11.6 Å². The predicted molar refractivity (Wildman–Crippen MR) is 78.6 cm³/mol. The summed E-state index contributed by atoms with van der Waals surface area (Å²) in [6.45, 7) is 0.0420. The van der Waals surface area contributed by atoms with Gasteiger partial charge in [0.25, 0.3) is 6.43 Å². The molecule has 0 unspecified atom stereocenters. The van der Waals surface area contributed by atoms with E-state index in [-0.39, 0.29) is 17.3 Å².